The van der Waals surface area contributed by atoms with Gasteiger partial charge in [-0.2, -0.15) is 0 Å². The van der Waals surface area contributed by atoms with Gasteiger partial charge >= 0.3 is 6.03 Å². The highest BCUT2D eigenvalue weighted by Crippen LogP contribution is 2.29. The van der Waals surface area contributed by atoms with Crippen LogP contribution in [-0.2, 0) is 0 Å². The van der Waals surface area contributed by atoms with Crippen LogP contribution in [0.15, 0.2) is 42.9 Å². The first-order chi connectivity index (χ1) is 17.7. The highest BCUT2D eigenvalue weighted by atomic mass is 19.3. The number of rotatable bonds is 4. The van der Waals surface area contributed by atoms with Gasteiger partial charge in [0.25, 0.3) is 5.88 Å². The molecule has 8 nitrogen and oxygen atoms in total. The maximum absolute atomic E-state index is 13.6. The molecule has 0 saturated heterocycles. The molecule has 37 heavy (non-hydrogen) atoms. The van der Waals surface area contributed by atoms with E-state index in [1.165, 1.54) is 0 Å². The van der Waals surface area contributed by atoms with Crippen LogP contribution in [0.5, 0.6) is 5.88 Å². The summed E-state index contributed by atoms with van der Waals surface area (Å²) in [7, 11) is 0. The van der Waals surface area contributed by atoms with Gasteiger partial charge in [0.05, 0.1) is 18.3 Å². The molecular formula is C27H34F2N6O2. The van der Waals surface area contributed by atoms with Gasteiger partial charge in [0, 0.05) is 43.3 Å². The third kappa shape index (κ3) is 6.23. The number of fused-ring (bicyclic) bond motifs is 7. The lowest BCUT2D eigenvalue weighted by molar-refractivity contribution is 0.00841. The van der Waals surface area contributed by atoms with Crippen LogP contribution in [0.1, 0.15) is 63.8 Å². The Morgan fingerprint density at radius 2 is 2.05 bits per heavy atom. The van der Waals surface area contributed by atoms with Gasteiger partial charge in [-0.25, -0.2) is 23.5 Å². The summed E-state index contributed by atoms with van der Waals surface area (Å²) in [6.07, 6.45) is 10.0. The number of hydrogen-bond acceptors (Lipinski definition) is 5. The molecule has 2 atom stereocenters. The van der Waals surface area contributed by atoms with E-state index in [0.717, 1.165) is 18.2 Å². The summed E-state index contributed by atoms with van der Waals surface area (Å²) in [4.78, 5) is 28.7. The molecule has 0 radical (unpaired) electrons. The maximum atomic E-state index is 13.6. The number of aromatic nitrogens is 4. The van der Waals surface area contributed by atoms with Gasteiger partial charge in [0.15, 0.2) is 0 Å². The Morgan fingerprint density at radius 3 is 2.81 bits per heavy atom. The summed E-state index contributed by atoms with van der Waals surface area (Å²) in [5, 5.41) is 2.99. The molecule has 2 amide bonds. The molecule has 10 heteroatoms. The van der Waals surface area contributed by atoms with Crippen molar-refractivity contribution in [1.29, 1.82) is 0 Å². The largest absolute Gasteiger partial charge is 0.475 e. The van der Waals surface area contributed by atoms with Crippen LogP contribution in [0.2, 0.25) is 0 Å². The van der Waals surface area contributed by atoms with Gasteiger partial charge in [-0.05, 0) is 64.7 Å². The lowest BCUT2D eigenvalue weighted by Crippen LogP contribution is -2.46. The Labute approximate surface area is 215 Å². The number of pyridine rings is 1. The fraction of sp³-hybridized carbons (Fsp3) is 0.481. The molecule has 1 aliphatic rings. The van der Waals surface area contributed by atoms with E-state index in [0.29, 0.717) is 48.9 Å². The zero-order valence-electron chi connectivity index (χ0n) is 21.7. The molecule has 4 rings (SSSR count). The minimum Gasteiger partial charge on any atom is -0.475 e. The molecule has 0 aliphatic carbocycles. The first kappa shape index (κ1) is 26.5. The Morgan fingerprint density at radius 1 is 1.24 bits per heavy atom. The molecule has 0 fully saturated rings. The minimum atomic E-state index is -2.79. The zero-order chi connectivity index (χ0) is 26.6. The van der Waals surface area contributed by atoms with Gasteiger partial charge in [0.2, 0.25) is 11.6 Å². The molecule has 0 saturated carbocycles. The van der Waals surface area contributed by atoms with E-state index in [4.69, 9.17) is 9.72 Å². The van der Waals surface area contributed by atoms with E-state index < -0.39 is 12.0 Å². The second-order valence-electron chi connectivity index (χ2n) is 9.51. The average Bonchev–Trinajstić information content (AvgIpc) is 3.36. The third-order valence-electron chi connectivity index (χ3n) is 6.70. The van der Waals surface area contributed by atoms with Crippen molar-refractivity contribution >= 4 is 11.7 Å². The fourth-order valence-electron chi connectivity index (χ4n) is 4.56. The smallest absolute Gasteiger partial charge is 0.318 e. The van der Waals surface area contributed by atoms with Gasteiger partial charge < -0.3 is 15.0 Å². The molecule has 1 unspecified atom stereocenters. The number of urea groups is 1. The quantitative estimate of drug-likeness (QED) is 0.452. The van der Waals surface area contributed by atoms with Crippen molar-refractivity contribution in [3.05, 3.63) is 54.1 Å². The van der Waals surface area contributed by atoms with Crippen molar-refractivity contribution in [2.45, 2.75) is 71.4 Å². The summed E-state index contributed by atoms with van der Waals surface area (Å²) in [6.45, 7) is 7.52. The summed E-state index contributed by atoms with van der Waals surface area (Å²) >= 11 is 0. The molecule has 0 spiro atoms. The van der Waals surface area contributed by atoms with Crippen molar-refractivity contribution in [2.24, 2.45) is 0 Å². The fourth-order valence-corrected chi connectivity index (χ4v) is 4.56. The highest BCUT2D eigenvalue weighted by molar-refractivity contribution is 5.75. The van der Waals surface area contributed by atoms with Crippen LogP contribution >= 0.6 is 0 Å². The second kappa shape index (κ2) is 11.2. The van der Waals surface area contributed by atoms with E-state index >= 15 is 0 Å². The molecule has 1 N–H and O–H groups in total. The number of carbonyl (C=O) groups is 1. The van der Waals surface area contributed by atoms with Crippen molar-refractivity contribution in [1.82, 2.24) is 29.6 Å². The number of ether oxygens (including phenoxy) is 1. The standard InChI is InChI=1S/C27H34F2N6O2/c1-5-34-18(2)20-11-13-30-22(17-20)23-19(3)35-15-14-31-24(35)25(33-23)37-16-8-6-7-9-21(32-26(34)36)10-12-27(4,28)29/h6-7,11,13-15,17-18,21H,5,8-10,12,16H2,1-4H3,(H,32,36)/b7-6+/t18?,21-/m1/s1. The number of imidazole rings is 1. The van der Waals surface area contributed by atoms with E-state index in [1.54, 1.807) is 17.3 Å². The van der Waals surface area contributed by atoms with Crippen LogP contribution in [0, 0.1) is 6.92 Å². The molecule has 3 aromatic heterocycles. The van der Waals surface area contributed by atoms with E-state index in [1.807, 2.05) is 55.7 Å². The maximum Gasteiger partial charge on any atom is 0.318 e. The highest BCUT2D eigenvalue weighted by Gasteiger charge is 2.27. The number of hydrogen-bond donors (Lipinski definition) is 1. The number of nitrogens with zero attached hydrogens (tertiary/aromatic N) is 5. The van der Waals surface area contributed by atoms with E-state index in [9.17, 15) is 13.6 Å². The van der Waals surface area contributed by atoms with Crippen LogP contribution in [0.25, 0.3) is 17.0 Å². The van der Waals surface area contributed by atoms with Crippen molar-refractivity contribution in [3.63, 3.8) is 0 Å². The first-order valence-electron chi connectivity index (χ1n) is 12.7. The zero-order valence-corrected chi connectivity index (χ0v) is 21.7. The lowest BCUT2D eigenvalue weighted by Gasteiger charge is -2.31. The topological polar surface area (TPSA) is 84.7 Å². The van der Waals surface area contributed by atoms with Crippen LogP contribution < -0.4 is 10.1 Å². The molecule has 3 aromatic rings. The Kier molecular flexibility index (Phi) is 8.04. The van der Waals surface area contributed by atoms with Gasteiger partial charge in [-0.3, -0.25) is 9.38 Å². The summed E-state index contributed by atoms with van der Waals surface area (Å²) in [5.74, 6) is -2.38. The second-order valence-corrected chi connectivity index (χ2v) is 9.51. The van der Waals surface area contributed by atoms with E-state index in [2.05, 4.69) is 15.3 Å². The van der Waals surface area contributed by atoms with Crippen LogP contribution in [0.4, 0.5) is 13.6 Å². The predicted octanol–water partition coefficient (Wildman–Crippen LogP) is 5.73. The van der Waals surface area contributed by atoms with Gasteiger partial charge in [-0.15, -0.1) is 0 Å². The van der Waals surface area contributed by atoms with Crippen molar-refractivity contribution in [3.8, 4) is 17.3 Å². The SMILES string of the molecule is CCN1C(=O)N[C@@H](CCC(C)(F)F)C/C=C/CCOc2nc(c(C)n3ccnc23)-c2cc(ccn2)C1C. The number of halogens is 2. The molecule has 4 heterocycles. The average molecular weight is 513 g/mol. The monoisotopic (exact) mass is 512 g/mol. The minimum absolute atomic E-state index is 0.175. The summed E-state index contributed by atoms with van der Waals surface area (Å²) < 4.78 is 35.1. The molecule has 4 bridgehead atoms. The summed E-state index contributed by atoms with van der Waals surface area (Å²) in [5.41, 5.74) is 3.71. The molecule has 1 aliphatic heterocycles. The lowest BCUT2D eigenvalue weighted by atomic mass is 10.0. The van der Waals surface area contributed by atoms with Crippen molar-refractivity contribution in [2.75, 3.05) is 13.2 Å². The molecule has 0 aromatic carbocycles. The van der Waals surface area contributed by atoms with Crippen LogP contribution in [0.3, 0.4) is 0 Å². The summed E-state index contributed by atoms with van der Waals surface area (Å²) in [6, 6.07) is 2.83. The number of alkyl halides is 2. The normalized spacial score (nSPS) is 20.3. The Bertz CT molecular complexity index is 1270. The van der Waals surface area contributed by atoms with Crippen LogP contribution in [-0.4, -0.2) is 55.4 Å². The number of nitrogens with one attached hydrogen (secondary N) is 1. The number of aryl methyl sites for hydroxylation is 1. The molecule has 198 valence electrons. The Hall–Kier alpha value is -3.56. The van der Waals surface area contributed by atoms with Gasteiger partial charge in [-0.1, -0.05) is 12.2 Å². The van der Waals surface area contributed by atoms with Gasteiger partial charge in [0.1, 0.15) is 5.69 Å². The third-order valence-corrected chi connectivity index (χ3v) is 6.70. The predicted molar refractivity (Wildman–Crippen MR) is 138 cm³/mol. The van der Waals surface area contributed by atoms with E-state index in [-0.39, 0.29) is 24.9 Å². The van der Waals surface area contributed by atoms with Crippen molar-refractivity contribution < 1.29 is 18.3 Å². The number of amides is 2. The molecular weight excluding hydrogens is 478 g/mol. The number of carbonyl (C=O) groups excluding carboxylic acids is 1. The Balaban J connectivity index is 1.73. The first-order valence-corrected chi connectivity index (χ1v) is 12.7.